The van der Waals surface area contributed by atoms with E-state index in [0.717, 1.165) is 16.1 Å². The van der Waals surface area contributed by atoms with Crippen LogP contribution in [-0.2, 0) is 22.8 Å². The Kier molecular flexibility index (Phi) is 5.41. The van der Waals surface area contributed by atoms with E-state index in [1.54, 1.807) is 22.9 Å². The molecule has 0 unspecified atom stereocenters. The van der Waals surface area contributed by atoms with Gasteiger partial charge in [-0.1, -0.05) is 30.0 Å². The second-order valence-corrected chi connectivity index (χ2v) is 9.89. The van der Waals surface area contributed by atoms with E-state index in [1.807, 2.05) is 42.1 Å². The first kappa shape index (κ1) is 20.0. The van der Waals surface area contributed by atoms with Gasteiger partial charge in [0.15, 0.2) is 10.9 Å². The predicted octanol–water partition coefficient (Wildman–Crippen LogP) is 2.18. The summed E-state index contributed by atoms with van der Waals surface area (Å²) in [6.07, 6.45) is 4.81. The Morgan fingerprint density at radius 2 is 1.93 bits per heavy atom. The number of para-hydroxylation sites is 1. The predicted molar refractivity (Wildman–Crippen MR) is 111 cm³/mol. The van der Waals surface area contributed by atoms with E-state index in [9.17, 15) is 13.2 Å². The fraction of sp³-hybridized carbons (Fsp3) is 0.368. The fourth-order valence-electron chi connectivity index (χ4n) is 3.41. The number of rotatable bonds is 5. The maximum atomic E-state index is 13.2. The molecule has 1 amide bonds. The highest BCUT2D eigenvalue weighted by molar-refractivity contribution is 7.98. The molecule has 1 aromatic carbocycles. The average molecular weight is 435 g/mol. The molecule has 3 heterocycles. The highest BCUT2D eigenvalue weighted by Gasteiger charge is 2.30. The smallest absolute Gasteiger partial charge is 0.290 e. The van der Waals surface area contributed by atoms with Gasteiger partial charge in [0, 0.05) is 62.3 Å². The first-order chi connectivity index (χ1) is 13.8. The van der Waals surface area contributed by atoms with Crippen LogP contribution in [0.2, 0.25) is 0 Å². The number of piperazine rings is 1. The molecule has 0 spiro atoms. The molecule has 0 aliphatic carbocycles. The van der Waals surface area contributed by atoms with Crippen molar-refractivity contribution in [1.82, 2.24) is 18.8 Å². The number of hydrogen-bond donors (Lipinski definition) is 0. The second kappa shape index (κ2) is 7.85. The van der Waals surface area contributed by atoms with Gasteiger partial charge in [-0.3, -0.25) is 4.79 Å². The van der Waals surface area contributed by atoms with Crippen LogP contribution in [-0.4, -0.2) is 65.5 Å². The van der Waals surface area contributed by atoms with E-state index in [-0.39, 0.29) is 5.91 Å². The third kappa shape index (κ3) is 4.05. The number of nitrogens with zero attached hydrogens (tertiary/aromatic N) is 4. The lowest BCUT2D eigenvalue weighted by molar-refractivity contribution is 0.0667. The van der Waals surface area contributed by atoms with Crippen molar-refractivity contribution in [3.8, 4) is 0 Å². The maximum Gasteiger partial charge on any atom is 0.290 e. The summed E-state index contributed by atoms with van der Waals surface area (Å²) in [4.78, 5) is 19.2. The Bertz CT molecular complexity index is 1140. The van der Waals surface area contributed by atoms with Crippen LogP contribution in [0.1, 0.15) is 16.1 Å². The summed E-state index contributed by atoms with van der Waals surface area (Å²) in [7, 11) is -1.32. The standard InChI is InChI=1S/C19H22N4O4S2/c1-21-8-7-20-19(21)28-13-15-14-5-3-4-6-16(14)27-17(15)18(24)22-9-11-23(12-10-22)29(2,25)26/h3-8H,9-13H2,1-2H3. The number of aromatic nitrogens is 2. The van der Waals surface area contributed by atoms with Gasteiger partial charge >= 0.3 is 0 Å². The van der Waals surface area contributed by atoms with Gasteiger partial charge in [0.1, 0.15) is 5.58 Å². The van der Waals surface area contributed by atoms with E-state index in [0.29, 0.717) is 43.3 Å². The summed E-state index contributed by atoms with van der Waals surface area (Å²) < 4.78 is 32.7. The van der Waals surface area contributed by atoms with Crippen molar-refractivity contribution in [2.75, 3.05) is 32.4 Å². The molecule has 1 saturated heterocycles. The number of furan rings is 1. The van der Waals surface area contributed by atoms with Gasteiger partial charge in [-0.25, -0.2) is 13.4 Å². The van der Waals surface area contributed by atoms with Crippen LogP contribution in [0.5, 0.6) is 0 Å². The molecule has 1 aliphatic heterocycles. The van der Waals surface area contributed by atoms with Crippen LogP contribution in [0.4, 0.5) is 0 Å². The third-order valence-electron chi connectivity index (χ3n) is 5.01. The van der Waals surface area contributed by atoms with Crippen molar-refractivity contribution in [1.29, 1.82) is 0 Å². The van der Waals surface area contributed by atoms with Crippen molar-refractivity contribution >= 4 is 38.7 Å². The maximum absolute atomic E-state index is 13.2. The average Bonchev–Trinajstić information content (AvgIpc) is 3.28. The number of aryl methyl sites for hydroxylation is 1. The molecule has 8 nitrogen and oxygen atoms in total. The zero-order valence-electron chi connectivity index (χ0n) is 16.2. The Hall–Kier alpha value is -2.30. The Morgan fingerprint density at radius 3 is 2.59 bits per heavy atom. The van der Waals surface area contributed by atoms with Gasteiger partial charge in [-0.2, -0.15) is 4.31 Å². The van der Waals surface area contributed by atoms with E-state index in [4.69, 9.17) is 4.42 Å². The molecule has 0 saturated carbocycles. The molecule has 4 rings (SSSR count). The molecule has 10 heteroatoms. The highest BCUT2D eigenvalue weighted by Crippen LogP contribution is 2.32. The van der Waals surface area contributed by atoms with E-state index in [1.165, 1.54) is 10.6 Å². The third-order valence-corrected chi connectivity index (χ3v) is 7.40. The number of thioether (sulfide) groups is 1. The Labute approximate surface area is 173 Å². The zero-order valence-corrected chi connectivity index (χ0v) is 17.9. The summed E-state index contributed by atoms with van der Waals surface area (Å²) in [5.74, 6) is 0.664. The van der Waals surface area contributed by atoms with Crippen LogP contribution >= 0.6 is 11.8 Å². The van der Waals surface area contributed by atoms with Gasteiger partial charge < -0.3 is 13.9 Å². The molecular formula is C19H22N4O4S2. The lowest BCUT2D eigenvalue weighted by atomic mass is 10.1. The van der Waals surface area contributed by atoms with Gasteiger partial charge in [0.05, 0.1) is 6.26 Å². The second-order valence-electron chi connectivity index (χ2n) is 6.97. The van der Waals surface area contributed by atoms with E-state index in [2.05, 4.69) is 4.98 Å². The molecule has 29 heavy (non-hydrogen) atoms. The summed E-state index contributed by atoms with van der Waals surface area (Å²) >= 11 is 1.54. The number of imidazole rings is 1. The molecule has 0 atom stereocenters. The Balaban J connectivity index is 1.59. The van der Waals surface area contributed by atoms with Gasteiger partial charge in [-0.05, 0) is 6.07 Å². The lowest BCUT2D eigenvalue weighted by Crippen LogP contribution is -2.50. The number of carbonyl (C=O) groups excluding carboxylic acids is 1. The van der Waals surface area contributed by atoms with Crippen molar-refractivity contribution in [2.24, 2.45) is 7.05 Å². The number of carbonyl (C=O) groups is 1. The molecular weight excluding hydrogens is 412 g/mol. The van der Waals surface area contributed by atoms with Crippen molar-refractivity contribution < 1.29 is 17.6 Å². The summed E-state index contributed by atoms with van der Waals surface area (Å²) in [6.45, 7) is 1.27. The Morgan fingerprint density at radius 1 is 1.21 bits per heavy atom. The van der Waals surface area contributed by atoms with E-state index < -0.39 is 10.0 Å². The van der Waals surface area contributed by atoms with Crippen LogP contribution in [0, 0.1) is 0 Å². The minimum absolute atomic E-state index is 0.204. The first-order valence-corrected chi connectivity index (χ1v) is 12.0. The van der Waals surface area contributed by atoms with Crippen LogP contribution < -0.4 is 0 Å². The topological polar surface area (TPSA) is 88.7 Å². The first-order valence-electron chi connectivity index (χ1n) is 9.19. The van der Waals surface area contributed by atoms with Gasteiger partial charge in [0.2, 0.25) is 10.0 Å². The summed E-state index contributed by atoms with van der Waals surface area (Å²) in [5, 5.41) is 1.77. The van der Waals surface area contributed by atoms with Gasteiger partial charge in [0.25, 0.3) is 5.91 Å². The minimum Gasteiger partial charge on any atom is -0.451 e. The monoisotopic (exact) mass is 434 g/mol. The number of amides is 1. The van der Waals surface area contributed by atoms with Crippen molar-refractivity contribution in [3.05, 3.63) is 48.0 Å². The SMILES string of the molecule is Cn1ccnc1SCc1c(C(=O)N2CCN(S(C)(=O)=O)CC2)oc2ccccc12. The zero-order chi connectivity index (χ0) is 20.6. The minimum atomic E-state index is -3.25. The molecule has 3 aromatic rings. The van der Waals surface area contributed by atoms with Crippen LogP contribution in [0.15, 0.2) is 46.2 Å². The van der Waals surface area contributed by atoms with Crippen LogP contribution in [0.3, 0.4) is 0 Å². The lowest BCUT2D eigenvalue weighted by Gasteiger charge is -2.32. The van der Waals surface area contributed by atoms with Crippen molar-refractivity contribution in [3.63, 3.8) is 0 Å². The molecule has 1 aliphatic rings. The number of benzene rings is 1. The number of fused-ring (bicyclic) bond motifs is 1. The summed E-state index contributed by atoms with van der Waals surface area (Å²) in [6, 6.07) is 7.60. The van der Waals surface area contributed by atoms with Crippen LogP contribution in [0.25, 0.3) is 11.0 Å². The number of hydrogen-bond acceptors (Lipinski definition) is 6. The molecule has 0 N–H and O–H groups in total. The molecule has 2 aromatic heterocycles. The van der Waals surface area contributed by atoms with Gasteiger partial charge in [-0.15, -0.1) is 0 Å². The number of sulfonamides is 1. The molecule has 154 valence electrons. The largest absolute Gasteiger partial charge is 0.451 e. The summed E-state index contributed by atoms with van der Waals surface area (Å²) in [5.41, 5.74) is 1.50. The van der Waals surface area contributed by atoms with Crippen molar-refractivity contribution in [2.45, 2.75) is 10.9 Å². The molecule has 0 bridgehead atoms. The fourth-order valence-corrected chi connectivity index (χ4v) is 5.20. The molecule has 0 radical (unpaired) electrons. The van der Waals surface area contributed by atoms with E-state index >= 15 is 0 Å². The normalized spacial score (nSPS) is 15.9. The molecule has 1 fully saturated rings. The highest BCUT2D eigenvalue weighted by atomic mass is 32.2. The quantitative estimate of drug-likeness (QED) is 0.572.